The second kappa shape index (κ2) is 4.85. The van der Waals surface area contributed by atoms with Crippen LogP contribution in [0.3, 0.4) is 0 Å². The average molecular weight is 271 g/mol. The van der Waals surface area contributed by atoms with Gasteiger partial charge in [0.25, 0.3) is 0 Å². The van der Waals surface area contributed by atoms with Gasteiger partial charge in [-0.3, -0.25) is 0 Å². The molecular formula is C14H13N3OS. The Morgan fingerprint density at radius 1 is 1.21 bits per heavy atom. The number of benzene rings is 1. The highest BCUT2D eigenvalue weighted by atomic mass is 32.1. The molecule has 3 aromatic rings. The smallest absolute Gasteiger partial charge is 0.221 e. The van der Waals surface area contributed by atoms with E-state index in [0.29, 0.717) is 5.89 Å². The first-order valence-electron chi connectivity index (χ1n) is 5.89. The van der Waals surface area contributed by atoms with Crippen LogP contribution in [0.4, 0.5) is 5.88 Å². The fourth-order valence-electron chi connectivity index (χ4n) is 1.67. The summed E-state index contributed by atoms with van der Waals surface area (Å²) in [7, 11) is 3.84. The van der Waals surface area contributed by atoms with E-state index in [2.05, 4.69) is 16.0 Å². The third kappa shape index (κ3) is 2.51. The Morgan fingerprint density at radius 2 is 2.05 bits per heavy atom. The van der Waals surface area contributed by atoms with Crippen molar-refractivity contribution in [3.8, 4) is 0 Å². The standard InChI is InChI=1S/C14H13N3OS/c1-17(2)14-9-15-12(18-14)7-8-13-16-10-5-3-4-6-11(10)19-13/h3-9H,1-2H3/b8-7+. The number of aromatic nitrogens is 2. The number of para-hydroxylation sites is 1. The first-order chi connectivity index (χ1) is 9.22. The molecule has 0 saturated carbocycles. The van der Waals surface area contributed by atoms with Crippen LogP contribution in [0.15, 0.2) is 34.9 Å². The molecule has 0 amide bonds. The molecule has 5 heteroatoms. The third-order valence-electron chi connectivity index (χ3n) is 2.63. The van der Waals surface area contributed by atoms with Crippen molar-refractivity contribution in [2.45, 2.75) is 0 Å². The topological polar surface area (TPSA) is 42.2 Å². The molecule has 4 nitrogen and oxygen atoms in total. The number of rotatable bonds is 3. The summed E-state index contributed by atoms with van der Waals surface area (Å²) >= 11 is 1.65. The number of hydrogen-bond donors (Lipinski definition) is 0. The normalized spacial score (nSPS) is 11.5. The van der Waals surface area contributed by atoms with E-state index in [1.54, 1.807) is 17.5 Å². The van der Waals surface area contributed by atoms with E-state index in [-0.39, 0.29) is 0 Å². The monoisotopic (exact) mass is 271 g/mol. The predicted molar refractivity (Wildman–Crippen MR) is 79.4 cm³/mol. The van der Waals surface area contributed by atoms with Crippen molar-refractivity contribution >= 4 is 39.6 Å². The van der Waals surface area contributed by atoms with E-state index in [9.17, 15) is 0 Å². The lowest BCUT2D eigenvalue weighted by Gasteiger charge is -2.04. The van der Waals surface area contributed by atoms with Crippen LogP contribution in [0.2, 0.25) is 0 Å². The van der Waals surface area contributed by atoms with Crippen LogP contribution in [-0.2, 0) is 0 Å². The van der Waals surface area contributed by atoms with E-state index in [1.165, 1.54) is 4.70 Å². The molecule has 2 heterocycles. The molecule has 0 saturated heterocycles. The maximum absolute atomic E-state index is 5.55. The summed E-state index contributed by atoms with van der Waals surface area (Å²) in [6, 6.07) is 8.09. The van der Waals surface area contributed by atoms with Gasteiger partial charge in [0.1, 0.15) is 5.01 Å². The first kappa shape index (κ1) is 11.9. The Balaban J connectivity index is 1.84. The maximum Gasteiger partial charge on any atom is 0.221 e. The second-order valence-electron chi connectivity index (χ2n) is 4.28. The fraction of sp³-hybridized carbons (Fsp3) is 0.143. The SMILES string of the molecule is CN(C)c1cnc(/C=C/c2nc3ccccc3s2)o1. The summed E-state index contributed by atoms with van der Waals surface area (Å²) in [5.41, 5.74) is 1.02. The molecule has 0 spiro atoms. The van der Waals surface area contributed by atoms with Crippen LogP contribution in [0.1, 0.15) is 10.9 Å². The Hall–Kier alpha value is -2.14. The van der Waals surface area contributed by atoms with Gasteiger partial charge < -0.3 is 9.32 Å². The van der Waals surface area contributed by atoms with Crippen LogP contribution in [-0.4, -0.2) is 24.1 Å². The van der Waals surface area contributed by atoms with Gasteiger partial charge in [-0.1, -0.05) is 12.1 Å². The summed E-state index contributed by atoms with van der Waals surface area (Å²) < 4.78 is 6.73. The van der Waals surface area contributed by atoms with E-state index in [4.69, 9.17) is 4.42 Å². The quantitative estimate of drug-likeness (QED) is 0.731. The van der Waals surface area contributed by atoms with Crippen molar-refractivity contribution in [1.29, 1.82) is 0 Å². The van der Waals surface area contributed by atoms with Gasteiger partial charge in [-0.25, -0.2) is 9.97 Å². The molecule has 0 atom stereocenters. The highest BCUT2D eigenvalue weighted by Gasteiger charge is 2.03. The molecule has 19 heavy (non-hydrogen) atoms. The van der Waals surface area contributed by atoms with Crippen LogP contribution in [0.5, 0.6) is 0 Å². The largest absolute Gasteiger partial charge is 0.421 e. The lowest BCUT2D eigenvalue weighted by Crippen LogP contribution is -2.06. The molecular weight excluding hydrogens is 258 g/mol. The van der Waals surface area contributed by atoms with Gasteiger partial charge >= 0.3 is 0 Å². The number of thiazole rings is 1. The summed E-state index contributed by atoms with van der Waals surface area (Å²) in [4.78, 5) is 10.6. The Labute approximate surface area is 115 Å². The van der Waals surface area contributed by atoms with Crippen LogP contribution >= 0.6 is 11.3 Å². The molecule has 0 aliphatic carbocycles. The molecule has 0 N–H and O–H groups in total. The summed E-state index contributed by atoms with van der Waals surface area (Å²) in [6.45, 7) is 0. The zero-order chi connectivity index (χ0) is 13.2. The Morgan fingerprint density at radius 3 is 2.79 bits per heavy atom. The minimum absolute atomic E-state index is 0.586. The third-order valence-corrected chi connectivity index (χ3v) is 3.63. The molecule has 0 unspecified atom stereocenters. The number of oxazole rings is 1. The summed E-state index contributed by atoms with van der Waals surface area (Å²) in [5.74, 6) is 1.33. The molecule has 2 aromatic heterocycles. The zero-order valence-corrected chi connectivity index (χ0v) is 11.5. The lowest BCUT2D eigenvalue weighted by molar-refractivity contribution is 0.546. The van der Waals surface area contributed by atoms with Gasteiger partial charge in [-0.2, -0.15) is 0 Å². The molecule has 3 rings (SSSR count). The van der Waals surface area contributed by atoms with Gasteiger partial charge in [0.15, 0.2) is 0 Å². The number of fused-ring (bicyclic) bond motifs is 1. The first-order valence-corrected chi connectivity index (χ1v) is 6.71. The van der Waals surface area contributed by atoms with Crippen molar-refractivity contribution < 1.29 is 4.42 Å². The van der Waals surface area contributed by atoms with E-state index >= 15 is 0 Å². The zero-order valence-electron chi connectivity index (χ0n) is 10.7. The van der Waals surface area contributed by atoms with Crippen LogP contribution < -0.4 is 4.90 Å². The van der Waals surface area contributed by atoms with Crippen molar-refractivity contribution in [1.82, 2.24) is 9.97 Å². The second-order valence-corrected chi connectivity index (χ2v) is 5.35. The van der Waals surface area contributed by atoms with Gasteiger partial charge in [-0.15, -0.1) is 11.3 Å². The van der Waals surface area contributed by atoms with Crippen molar-refractivity contribution in [2.24, 2.45) is 0 Å². The molecule has 96 valence electrons. The van der Waals surface area contributed by atoms with Crippen molar-refractivity contribution in [3.05, 3.63) is 41.4 Å². The highest BCUT2D eigenvalue weighted by molar-refractivity contribution is 7.19. The molecule has 0 aliphatic rings. The molecule has 0 aliphatic heterocycles. The number of nitrogens with zero attached hydrogens (tertiary/aromatic N) is 3. The number of anilines is 1. The minimum atomic E-state index is 0.586. The highest BCUT2D eigenvalue weighted by Crippen LogP contribution is 2.23. The Kier molecular flexibility index (Phi) is 3.05. The van der Waals surface area contributed by atoms with E-state index in [1.807, 2.05) is 49.3 Å². The minimum Gasteiger partial charge on any atom is -0.421 e. The van der Waals surface area contributed by atoms with Crippen LogP contribution in [0, 0.1) is 0 Å². The van der Waals surface area contributed by atoms with Gasteiger partial charge in [0.2, 0.25) is 11.8 Å². The Bertz CT molecular complexity index is 694. The maximum atomic E-state index is 5.55. The summed E-state index contributed by atoms with van der Waals surface area (Å²) in [5, 5.41) is 0.950. The molecule has 1 aromatic carbocycles. The van der Waals surface area contributed by atoms with Crippen molar-refractivity contribution in [3.63, 3.8) is 0 Å². The van der Waals surface area contributed by atoms with E-state index in [0.717, 1.165) is 16.4 Å². The fourth-order valence-corrected chi connectivity index (χ4v) is 2.54. The number of hydrogen-bond acceptors (Lipinski definition) is 5. The van der Waals surface area contributed by atoms with Gasteiger partial charge in [0, 0.05) is 20.2 Å². The van der Waals surface area contributed by atoms with E-state index < -0.39 is 0 Å². The van der Waals surface area contributed by atoms with Crippen LogP contribution in [0.25, 0.3) is 22.4 Å². The lowest BCUT2D eigenvalue weighted by atomic mass is 10.3. The van der Waals surface area contributed by atoms with Crippen molar-refractivity contribution in [2.75, 3.05) is 19.0 Å². The summed E-state index contributed by atoms with van der Waals surface area (Å²) in [6.07, 6.45) is 5.47. The average Bonchev–Trinajstić information content (AvgIpc) is 3.02. The predicted octanol–water partition coefficient (Wildman–Crippen LogP) is 3.52. The van der Waals surface area contributed by atoms with Gasteiger partial charge in [0.05, 0.1) is 16.4 Å². The molecule has 0 radical (unpaired) electrons. The van der Waals surface area contributed by atoms with Gasteiger partial charge in [-0.05, 0) is 18.2 Å². The molecule has 0 fully saturated rings. The molecule has 0 bridgehead atoms.